The first-order chi connectivity index (χ1) is 9.45. The molecule has 2 amide bonds. The van der Waals surface area contributed by atoms with Gasteiger partial charge in [-0.3, -0.25) is 9.59 Å². The number of hydrogen-bond acceptors (Lipinski definition) is 5. The van der Waals surface area contributed by atoms with E-state index in [9.17, 15) is 14.4 Å². The lowest BCUT2D eigenvalue weighted by Gasteiger charge is -2.06. The standard InChI is InChI=1S/C13H16N2O4S/c1-3-19-13(18)8-6(2)9(10(14)16)20-12(8)15-11(17)7-4-5-7/h7H,3-5H2,1-2H3,(H2,14,16)(H,15,17). The van der Waals surface area contributed by atoms with Crippen LogP contribution < -0.4 is 11.1 Å². The number of ether oxygens (including phenoxy) is 1. The van der Waals surface area contributed by atoms with Gasteiger partial charge in [-0.25, -0.2) is 4.79 Å². The Morgan fingerprint density at radius 1 is 1.40 bits per heavy atom. The van der Waals surface area contributed by atoms with Crippen molar-refractivity contribution in [2.75, 3.05) is 11.9 Å². The van der Waals surface area contributed by atoms with E-state index in [4.69, 9.17) is 10.5 Å². The van der Waals surface area contributed by atoms with E-state index in [1.165, 1.54) is 0 Å². The number of thiophene rings is 1. The molecule has 0 bridgehead atoms. The zero-order chi connectivity index (χ0) is 14.9. The van der Waals surface area contributed by atoms with E-state index in [0.717, 1.165) is 24.2 Å². The molecule has 3 N–H and O–H groups in total. The Kier molecular flexibility index (Phi) is 4.08. The Labute approximate surface area is 120 Å². The largest absolute Gasteiger partial charge is 0.462 e. The maximum atomic E-state index is 12.0. The average molecular weight is 296 g/mol. The second-order valence-electron chi connectivity index (χ2n) is 4.61. The molecule has 6 nitrogen and oxygen atoms in total. The maximum absolute atomic E-state index is 12.0. The number of anilines is 1. The minimum Gasteiger partial charge on any atom is -0.462 e. The lowest BCUT2D eigenvalue weighted by molar-refractivity contribution is -0.117. The highest BCUT2D eigenvalue weighted by atomic mass is 32.1. The van der Waals surface area contributed by atoms with Crippen molar-refractivity contribution in [2.45, 2.75) is 26.7 Å². The van der Waals surface area contributed by atoms with Crippen molar-refractivity contribution in [3.8, 4) is 0 Å². The van der Waals surface area contributed by atoms with Gasteiger partial charge in [0.1, 0.15) is 5.00 Å². The molecule has 1 heterocycles. The molecule has 0 aliphatic heterocycles. The van der Waals surface area contributed by atoms with E-state index in [2.05, 4.69) is 5.32 Å². The summed E-state index contributed by atoms with van der Waals surface area (Å²) in [6, 6.07) is 0. The van der Waals surface area contributed by atoms with Crippen molar-refractivity contribution >= 4 is 34.1 Å². The second-order valence-corrected chi connectivity index (χ2v) is 5.63. The number of nitrogens with one attached hydrogen (secondary N) is 1. The number of nitrogens with two attached hydrogens (primary N) is 1. The summed E-state index contributed by atoms with van der Waals surface area (Å²) in [5.41, 5.74) is 5.95. The summed E-state index contributed by atoms with van der Waals surface area (Å²) in [6.07, 6.45) is 1.71. The van der Waals surface area contributed by atoms with Crippen LogP contribution in [-0.2, 0) is 9.53 Å². The molecule has 0 radical (unpaired) electrons. The summed E-state index contributed by atoms with van der Waals surface area (Å²) < 4.78 is 4.96. The molecule has 1 saturated carbocycles. The number of hydrogen-bond donors (Lipinski definition) is 2. The van der Waals surface area contributed by atoms with Crippen LogP contribution in [0, 0.1) is 12.8 Å². The molecule has 1 fully saturated rings. The van der Waals surface area contributed by atoms with Crippen molar-refractivity contribution < 1.29 is 19.1 Å². The Balaban J connectivity index is 2.36. The SMILES string of the molecule is CCOC(=O)c1c(NC(=O)C2CC2)sc(C(N)=O)c1C. The van der Waals surface area contributed by atoms with Gasteiger partial charge in [0.2, 0.25) is 5.91 Å². The molecule has 1 aliphatic rings. The van der Waals surface area contributed by atoms with Gasteiger partial charge in [0.25, 0.3) is 5.91 Å². The van der Waals surface area contributed by atoms with Gasteiger partial charge in [-0.15, -0.1) is 11.3 Å². The molecule has 0 spiro atoms. The first kappa shape index (κ1) is 14.5. The van der Waals surface area contributed by atoms with Gasteiger partial charge in [0.15, 0.2) is 0 Å². The van der Waals surface area contributed by atoms with Gasteiger partial charge in [-0.2, -0.15) is 0 Å². The summed E-state index contributed by atoms with van der Waals surface area (Å²) in [7, 11) is 0. The maximum Gasteiger partial charge on any atom is 0.341 e. The fourth-order valence-electron chi connectivity index (χ4n) is 1.85. The van der Waals surface area contributed by atoms with Crippen LogP contribution in [0.3, 0.4) is 0 Å². The minimum atomic E-state index is -0.620. The summed E-state index contributed by atoms with van der Waals surface area (Å²) in [6.45, 7) is 3.53. The van der Waals surface area contributed by atoms with E-state index in [0.29, 0.717) is 10.6 Å². The van der Waals surface area contributed by atoms with Crippen molar-refractivity contribution in [3.05, 3.63) is 16.0 Å². The van der Waals surface area contributed by atoms with Crippen molar-refractivity contribution in [1.82, 2.24) is 0 Å². The summed E-state index contributed by atoms with van der Waals surface area (Å²) in [5.74, 6) is -1.30. The molecule has 20 heavy (non-hydrogen) atoms. The number of carbonyl (C=O) groups excluding carboxylic acids is 3. The lowest BCUT2D eigenvalue weighted by Crippen LogP contribution is -2.16. The predicted molar refractivity (Wildman–Crippen MR) is 74.9 cm³/mol. The highest BCUT2D eigenvalue weighted by Gasteiger charge is 2.32. The van der Waals surface area contributed by atoms with Gasteiger partial charge in [0, 0.05) is 5.92 Å². The first-order valence-electron chi connectivity index (χ1n) is 6.36. The van der Waals surface area contributed by atoms with Gasteiger partial charge in [-0.05, 0) is 32.3 Å². The topological polar surface area (TPSA) is 98.5 Å². The molecule has 1 aromatic rings. The molecular weight excluding hydrogens is 280 g/mol. The molecule has 0 atom stereocenters. The third kappa shape index (κ3) is 2.82. The molecule has 108 valence electrons. The Bertz CT molecular complexity index is 575. The van der Waals surface area contributed by atoms with Crippen LogP contribution >= 0.6 is 11.3 Å². The number of amides is 2. The monoisotopic (exact) mass is 296 g/mol. The van der Waals surface area contributed by atoms with Crippen LogP contribution in [-0.4, -0.2) is 24.4 Å². The van der Waals surface area contributed by atoms with Crippen molar-refractivity contribution in [2.24, 2.45) is 11.7 Å². The molecule has 1 aromatic heterocycles. The summed E-state index contributed by atoms with van der Waals surface area (Å²) in [4.78, 5) is 35.4. The fraction of sp³-hybridized carbons (Fsp3) is 0.462. The van der Waals surface area contributed by atoms with Crippen LogP contribution in [0.4, 0.5) is 5.00 Å². The minimum absolute atomic E-state index is 0.00415. The number of carbonyl (C=O) groups is 3. The van der Waals surface area contributed by atoms with Gasteiger partial charge in [-0.1, -0.05) is 0 Å². The zero-order valence-corrected chi connectivity index (χ0v) is 12.1. The number of rotatable bonds is 5. The van der Waals surface area contributed by atoms with Crippen LogP contribution in [0.2, 0.25) is 0 Å². The highest BCUT2D eigenvalue weighted by Crippen LogP contribution is 2.36. The Morgan fingerprint density at radius 2 is 2.05 bits per heavy atom. The van der Waals surface area contributed by atoms with Gasteiger partial charge in [0.05, 0.1) is 17.0 Å². The molecule has 7 heteroatoms. The number of primary amides is 1. The van der Waals surface area contributed by atoms with E-state index in [-0.39, 0.29) is 28.9 Å². The molecule has 0 unspecified atom stereocenters. The van der Waals surface area contributed by atoms with E-state index in [1.807, 2.05) is 0 Å². The quantitative estimate of drug-likeness (QED) is 0.807. The summed E-state index contributed by atoms with van der Waals surface area (Å²) in [5, 5.41) is 3.04. The molecule has 1 aliphatic carbocycles. The van der Waals surface area contributed by atoms with Crippen molar-refractivity contribution in [3.63, 3.8) is 0 Å². The summed E-state index contributed by atoms with van der Waals surface area (Å²) >= 11 is 1.01. The van der Waals surface area contributed by atoms with Crippen molar-refractivity contribution in [1.29, 1.82) is 0 Å². The predicted octanol–water partition coefficient (Wildman–Crippen LogP) is 1.68. The lowest BCUT2D eigenvalue weighted by atomic mass is 10.1. The zero-order valence-electron chi connectivity index (χ0n) is 11.3. The van der Waals surface area contributed by atoms with E-state index < -0.39 is 11.9 Å². The van der Waals surface area contributed by atoms with Crippen LogP contribution in [0.25, 0.3) is 0 Å². The van der Waals surface area contributed by atoms with Gasteiger partial charge < -0.3 is 15.8 Å². The molecule has 0 aromatic carbocycles. The van der Waals surface area contributed by atoms with E-state index in [1.54, 1.807) is 13.8 Å². The van der Waals surface area contributed by atoms with Crippen LogP contribution in [0.1, 0.15) is 45.4 Å². The number of esters is 1. The first-order valence-corrected chi connectivity index (χ1v) is 7.18. The molecular formula is C13H16N2O4S. The average Bonchev–Trinajstić information content (AvgIpc) is 3.15. The van der Waals surface area contributed by atoms with Gasteiger partial charge >= 0.3 is 5.97 Å². The highest BCUT2D eigenvalue weighted by molar-refractivity contribution is 7.18. The van der Waals surface area contributed by atoms with Crippen LogP contribution in [0.5, 0.6) is 0 Å². The Hall–Kier alpha value is -1.89. The fourth-order valence-corrected chi connectivity index (χ4v) is 2.90. The third-order valence-corrected chi connectivity index (χ3v) is 4.26. The van der Waals surface area contributed by atoms with Crippen LogP contribution in [0.15, 0.2) is 0 Å². The smallest absolute Gasteiger partial charge is 0.341 e. The van der Waals surface area contributed by atoms with E-state index >= 15 is 0 Å². The second kappa shape index (κ2) is 5.62. The molecule has 2 rings (SSSR count). The normalized spacial score (nSPS) is 13.9. The molecule has 0 saturated heterocycles. The third-order valence-electron chi connectivity index (χ3n) is 3.03. The Morgan fingerprint density at radius 3 is 2.55 bits per heavy atom.